The highest BCUT2D eigenvalue weighted by molar-refractivity contribution is 7.52. The molecule has 0 saturated heterocycles. The third-order valence-corrected chi connectivity index (χ3v) is 2.12. The first-order chi connectivity index (χ1) is 3.41. The Bertz CT molecular complexity index is 55.2. The van der Waals surface area contributed by atoms with Crippen molar-refractivity contribution in [1.29, 1.82) is 0 Å². The van der Waals surface area contributed by atoms with Crippen LogP contribution in [-0.4, -0.2) is 5.48 Å². The predicted octanol–water partition coefficient (Wildman–Crippen LogP) is 0.474. The molecular formula is H9N3OP4. The van der Waals surface area contributed by atoms with Gasteiger partial charge in [0.05, 0.1) is 8.52 Å². The van der Waals surface area contributed by atoms with E-state index in [1.165, 1.54) is 0 Å². The number of nitrogens with one attached hydrogen (secondary N) is 2. The standard InChI is InChI=1S/H7N3P4.H2O/c4-1-6-3-7-2-5;/h1,6H,4-5H2,(H,2,3);1H2. The van der Waals surface area contributed by atoms with E-state index in [9.17, 15) is 0 Å². The van der Waals surface area contributed by atoms with Crippen LogP contribution in [0.4, 0.5) is 0 Å². The quantitative estimate of drug-likeness (QED) is 0.503. The van der Waals surface area contributed by atoms with Crippen molar-refractivity contribution in [2.45, 2.75) is 0 Å². The highest BCUT2D eigenvalue weighted by Gasteiger charge is 1.69. The number of hydrogen-bond acceptors (Lipinski definition) is 2. The van der Waals surface area contributed by atoms with E-state index in [2.05, 4.69) is 33.0 Å². The van der Waals surface area contributed by atoms with Crippen molar-refractivity contribution in [3.05, 3.63) is 0 Å². The highest BCUT2D eigenvalue weighted by Crippen LogP contribution is 2.08. The fourth-order valence-corrected chi connectivity index (χ4v) is 1.88. The van der Waals surface area contributed by atoms with Gasteiger partial charge in [0.1, 0.15) is 0 Å². The summed E-state index contributed by atoms with van der Waals surface area (Å²) < 4.78 is 3.71. The van der Waals surface area contributed by atoms with E-state index in [1.54, 1.807) is 0 Å². The largest absolute Gasteiger partial charge is 0.412 e. The number of nitrogens with zero attached hydrogens (tertiary/aromatic N) is 1. The Morgan fingerprint density at radius 1 is 1.62 bits per heavy atom. The van der Waals surface area contributed by atoms with Gasteiger partial charge in [0.25, 0.3) is 0 Å². The number of hydrogen-bond donors (Lipinski definition) is 2. The Balaban J connectivity index is 0. The summed E-state index contributed by atoms with van der Waals surface area (Å²) in [5.41, 5.74) is 0. The zero-order valence-corrected chi connectivity index (χ0v) is 8.25. The van der Waals surface area contributed by atoms with Gasteiger partial charge in [-0.3, -0.25) is 4.86 Å². The number of rotatable bonds is 3. The maximum atomic E-state index is 3.71. The lowest BCUT2D eigenvalue weighted by Gasteiger charge is -1.89. The van der Waals surface area contributed by atoms with Gasteiger partial charge in [-0.1, -0.05) is 9.39 Å². The fraction of sp³-hybridized carbons (Fsp3) is 0. The average Bonchev–Trinajstić information content (AvgIpc) is 1.69. The molecule has 0 aliphatic carbocycles. The molecule has 0 aliphatic heterocycles. The molecule has 0 radical (unpaired) electrons. The summed E-state index contributed by atoms with van der Waals surface area (Å²) in [5.74, 6) is 0. The zero-order valence-electron chi connectivity index (χ0n) is 4.05. The fourth-order valence-electron chi connectivity index (χ4n) is 0.0861. The molecule has 0 fully saturated rings. The molecule has 0 aromatic rings. The van der Waals surface area contributed by atoms with Gasteiger partial charge in [-0.2, -0.15) is 0 Å². The minimum Gasteiger partial charge on any atom is -0.412 e. The van der Waals surface area contributed by atoms with E-state index in [1.807, 2.05) is 0 Å². The van der Waals surface area contributed by atoms with Crippen molar-refractivity contribution < 1.29 is 5.48 Å². The van der Waals surface area contributed by atoms with E-state index in [4.69, 9.17) is 0 Å². The molecule has 8 heteroatoms. The zero-order chi connectivity index (χ0) is 5.54. The van der Waals surface area contributed by atoms with Gasteiger partial charge >= 0.3 is 0 Å². The molecule has 4 nitrogen and oxygen atoms in total. The summed E-state index contributed by atoms with van der Waals surface area (Å²) >= 11 is 0. The van der Waals surface area contributed by atoms with Gasteiger partial charge in [-0.15, -0.1) is 0 Å². The van der Waals surface area contributed by atoms with Crippen LogP contribution in [0.5, 0.6) is 0 Å². The van der Waals surface area contributed by atoms with Crippen LogP contribution in [0.15, 0.2) is 4.52 Å². The lowest BCUT2D eigenvalue weighted by Crippen LogP contribution is -1.84. The molecule has 50 valence electrons. The van der Waals surface area contributed by atoms with Gasteiger partial charge < -0.3 is 5.48 Å². The van der Waals surface area contributed by atoms with E-state index >= 15 is 0 Å². The SMILES string of the molecule is O.PN=PNPNP. The molecule has 0 heterocycles. The molecule has 3 unspecified atom stereocenters. The molecule has 0 amide bonds. The average molecular weight is 191 g/mol. The molecule has 0 rings (SSSR count). The molecule has 0 spiro atoms. The second-order valence-electron chi connectivity index (χ2n) is 0.597. The van der Waals surface area contributed by atoms with Crippen LogP contribution in [0.1, 0.15) is 0 Å². The Hall–Kier alpha value is 1.27. The van der Waals surface area contributed by atoms with Gasteiger partial charge in [-0.05, 0) is 9.39 Å². The molecule has 0 aliphatic rings. The van der Waals surface area contributed by atoms with Crippen LogP contribution in [0.25, 0.3) is 0 Å². The predicted molar refractivity (Wildman–Crippen MR) is 47.0 cm³/mol. The van der Waals surface area contributed by atoms with E-state index in [0.717, 1.165) is 8.52 Å². The first-order valence-corrected chi connectivity index (χ1v) is 4.41. The van der Waals surface area contributed by atoms with Crippen LogP contribution in [0, 0.1) is 0 Å². The van der Waals surface area contributed by atoms with Crippen molar-refractivity contribution >= 4 is 36.2 Å². The van der Waals surface area contributed by atoms with Crippen molar-refractivity contribution in [2.75, 3.05) is 0 Å². The van der Waals surface area contributed by atoms with Crippen molar-refractivity contribution in [3.63, 3.8) is 0 Å². The van der Waals surface area contributed by atoms with Crippen LogP contribution in [0.2, 0.25) is 0 Å². The third kappa shape index (κ3) is 10.3. The van der Waals surface area contributed by atoms with Crippen molar-refractivity contribution in [3.8, 4) is 0 Å². The summed E-state index contributed by atoms with van der Waals surface area (Å²) in [6.07, 6.45) is 0. The maximum Gasteiger partial charge on any atom is 0.0986 e. The van der Waals surface area contributed by atoms with E-state index < -0.39 is 0 Å². The van der Waals surface area contributed by atoms with Crippen LogP contribution in [-0.2, 0) is 0 Å². The molecular weight excluding hydrogens is 182 g/mol. The van der Waals surface area contributed by atoms with Gasteiger partial charge in [0.2, 0.25) is 0 Å². The second kappa shape index (κ2) is 11.1. The highest BCUT2D eigenvalue weighted by atomic mass is 31.2. The summed E-state index contributed by atoms with van der Waals surface area (Å²) in [6.45, 7) is 0. The summed E-state index contributed by atoms with van der Waals surface area (Å²) in [4.78, 5) is 5.82. The minimum absolute atomic E-state index is 0. The molecule has 8 heavy (non-hydrogen) atoms. The Morgan fingerprint density at radius 2 is 2.25 bits per heavy atom. The monoisotopic (exact) mass is 191 g/mol. The van der Waals surface area contributed by atoms with Crippen molar-refractivity contribution in [2.24, 2.45) is 4.52 Å². The smallest absolute Gasteiger partial charge is 0.0986 e. The molecule has 0 saturated carbocycles. The summed E-state index contributed by atoms with van der Waals surface area (Å²) in [6, 6.07) is 0. The minimum atomic E-state index is 0. The maximum absolute atomic E-state index is 3.71. The normalized spacial score (nSPS) is 10.8. The topological polar surface area (TPSA) is 67.9 Å². The lowest BCUT2D eigenvalue weighted by atomic mass is 13.8. The molecule has 0 bridgehead atoms. The van der Waals surface area contributed by atoms with Gasteiger partial charge in [0, 0.05) is 8.88 Å². The second-order valence-corrected chi connectivity index (χ2v) is 4.02. The third-order valence-electron chi connectivity index (χ3n) is 0.236. The van der Waals surface area contributed by atoms with Crippen molar-refractivity contribution in [1.82, 2.24) is 9.72 Å². The lowest BCUT2D eigenvalue weighted by molar-refractivity contribution is 0.824. The van der Waals surface area contributed by atoms with Gasteiger partial charge in [0.15, 0.2) is 0 Å². The Kier molecular flexibility index (Phi) is 16.7. The van der Waals surface area contributed by atoms with E-state index in [-0.39, 0.29) is 5.48 Å². The van der Waals surface area contributed by atoms with Crippen LogP contribution in [0.3, 0.4) is 0 Å². The first-order valence-electron chi connectivity index (χ1n) is 1.47. The molecule has 0 aromatic carbocycles. The van der Waals surface area contributed by atoms with Crippen LogP contribution < -0.4 is 9.72 Å². The summed E-state index contributed by atoms with van der Waals surface area (Å²) in [5, 5.41) is 0. The van der Waals surface area contributed by atoms with Crippen LogP contribution >= 0.6 is 36.2 Å². The Labute approximate surface area is 56.6 Å². The molecule has 4 N–H and O–H groups in total. The molecule has 3 atom stereocenters. The summed E-state index contributed by atoms with van der Waals surface area (Å²) in [7, 11) is 6.13. The van der Waals surface area contributed by atoms with Gasteiger partial charge in [-0.25, -0.2) is 9.37 Å². The van der Waals surface area contributed by atoms with E-state index in [0.29, 0.717) is 8.88 Å². The molecule has 0 aromatic heterocycles. The first kappa shape index (κ1) is 12.0. The Morgan fingerprint density at radius 3 is 2.62 bits per heavy atom.